The third-order valence-electron chi connectivity index (χ3n) is 1.19. The van der Waals surface area contributed by atoms with Crippen molar-refractivity contribution in [1.82, 2.24) is 0 Å². The molecule has 1 heteroatoms. The highest BCUT2D eigenvalue weighted by Crippen LogP contribution is 2.12. The molecule has 1 heterocycles. The largest absolute Gasteiger partial charge is 0.149 e. The van der Waals surface area contributed by atoms with Gasteiger partial charge in [0, 0.05) is 4.88 Å². The Bertz CT molecular complexity index is 165. The molecule has 0 aliphatic rings. The number of hydrogen-bond acceptors (Lipinski definition) is 1. The molecule has 0 atom stereocenters. The summed E-state index contributed by atoms with van der Waals surface area (Å²) in [4.78, 5) is 1.42. The molecule has 0 amide bonds. The molecule has 0 bridgehead atoms. The fraction of sp³-hybridized carbons (Fsp3) is 0.636. The van der Waals surface area contributed by atoms with Crippen molar-refractivity contribution in [2.75, 3.05) is 0 Å². The molecule has 1 aromatic rings. The summed E-state index contributed by atoms with van der Waals surface area (Å²) in [6, 6.07) is 2.24. The molecular weight excluding hydrogens is 164 g/mol. The Morgan fingerprint density at radius 1 is 1.17 bits per heavy atom. The molecule has 12 heavy (non-hydrogen) atoms. The van der Waals surface area contributed by atoms with Crippen LogP contribution in [0.3, 0.4) is 0 Å². The Morgan fingerprint density at radius 3 is 1.83 bits per heavy atom. The van der Waals surface area contributed by atoms with Crippen molar-refractivity contribution in [3.63, 3.8) is 0 Å². The standard InChI is InChI=1S/C7H10S.2C2H6/c1-3-7-4-6(2)8-5-7;2*1-2/h4-5H,3H2,1-2H3;2*1-2H3. The van der Waals surface area contributed by atoms with Crippen molar-refractivity contribution in [1.29, 1.82) is 0 Å². The summed E-state index contributed by atoms with van der Waals surface area (Å²) in [5, 5.41) is 2.22. The van der Waals surface area contributed by atoms with E-state index in [2.05, 4.69) is 25.3 Å². The van der Waals surface area contributed by atoms with E-state index in [0.29, 0.717) is 0 Å². The maximum Gasteiger partial charge on any atom is 0.00170 e. The lowest BCUT2D eigenvalue weighted by Gasteiger charge is -1.80. The van der Waals surface area contributed by atoms with E-state index in [-0.39, 0.29) is 0 Å². The minimum absolute atomic E-state index is 1.17. The molecule has 1 rings (SSSR count). The number of hydrogen-bond donors (Lipinski definition) is 0. The molecule has 0 nitrogen and oxygen atoms in total. The predicted octanol–water partition coefficient (Wildman–Crippen LogP) is 4.67. The first-order chi connectivity index (χ1) is 5.83. The molecule has 1 aromatic heterocycles. The molecule has 0 fully saturated rings. The summed E-state index contributed by atoms with van der Waals surface area (Å²) in [7, 11) is 0. The Balaban J connectivity index is 0. The highest BCUT2D eigenvalue weighted by atomic mass is 32.1. The van der Waals surface area contributed by atoms with E-state index in [1.54, 1.807) is 0 Å². The third-order valence-corrected chi connectivity index (χ3v) is 2.10. The summed E-state index contributed by atoms with van der Waals surface area (Å²) >= 11 is 1.83. The molecule has 0 unspecified atom stereocenters. The first-order valence-electron chi connectivity index (χ1n) is 4.87. The van der Waals surface area contributed by atoms with Crippen LogP contribution < -0.4 is 0 Å². The van der Waals surface area contributed by atoms with Crippen molar-refractivity contribution in [2.24, 2.45) is 0 Å². The van der Waals surface area contributed by atoms with Crippen molar-refractivity contribution in [2.45, 2.75) is 48.0 Å². The molecule has 0 saturated carbocycles. The predicted molar refractivity (Wildman–Crippen MR) is 61.1 cm³/mol. The van der Waals surface area contributed by atoms with Gasteiger partial charge in [-0.05, 0) is 30.4 Å². The highest BCUT2D eigenvalue weighted by Gasteiger charge is 1.89. The zero-order valence-corrected chi connectivity index (χ0v) is 10.1. The van der Waals surface area contributed by atoms with E-state index in [1.165, 1.54) is 16.9 Å². The Kier molecular flexibility index (Phi) is 12.7. The van der Waals surface area contributed by atoms with E-state index in [1.807, 2.05) is 39.0 Å². The lowest BCUT2D eigenvalue weighted by molar-refractivity contribution is 1.15. The summed E-state index contributed by atoms with van der Waals surface area (Å²) in [6.45, 7) is 12.3. The van der Waals surface area contributed by atoms with Crippen LogP contribution >= 0.6 is 11.3 Å². The van der Waals surface area contributed by atoms with E-state index < -0.39 is 0 Å². The Hall–Kier alpha value is -0.300. The second kappa shape index (κ2) is 10.7. The molecule has 0 N–H and O–H groups in total. The van der Waals surface area contributed by atoms with E-state index in [0.717, 1.165) is 0 Å². The molecule has 0 aliphatic heterocycles. The van der Waals surface area contributed by atoms with Gasteiger partial charge in [0.2, 0.25) is 0 Å². The van der Waals surface area contributed by atoms with Crippen LogP contribution in [-0.2, 0) is 6.42 Å². The first kappa shape index (κ1) is 14.2. The van der Waals surface area contributed by atoms with Crippen LogP contribution in [0.1, 0.15) is 45.1 Å². The van der Waals surface area contributed by atoms with Crippen LogP contribution in [0.25, 0.3) is 0 Å². The molecule has 0 saturated heterocycles. The van der Waals surface area contributed by atoms with Gasteiger partial charge in [-0.25, -0.2) is 0 Å². The molecule has 0 aromatic carbocycles. The normalized spacial score (nSPS) is 7.50. The Morgan fingerprint density at radius 2 is 1.67 bits per heavy atom. The summed E-state index contributed by atoms with van der Waals surface area (Å²) in [5.74, 6) is 0. The number of rotatable bonds is 1. The third kappa shape index (κ3) is 6.41. The van der Waals surface area contributed by atoms with E-state index in [4.69, 9.17) is 0 Å². The van der Waals surface area contributed by atoms with Crippen LogP contribution in [0.15, 0.2) is 11.4 Å². The van der Waals surface area contributed by atoms with Gasteiger partial charge in [-0.15, -0.1) is 11.3 Å². The van der Waals surface area contributed by atoms with Gasteiger partial charge in [0.25, 0.3) is 0 Å². The second-order valence-corrected chi connectivity index (χ2v) is 3.03. The van der Waals surface area contributed by atoms with Crippen LogP contribution in [0, 0.1) is 6.92 Å². The van der Waals surface area contributed by atoms with Gasteiger partial charge in [0.1, 0.15) is 0 Å². The van der Waals surface area contributed by atoms with Gasteiger partial charge in [-0.1, -0.05) is 34.6 Å². The smallest absolute Gasteiger partial charge is 0.00170 e. The quantitative estimate of drug-likeness (QED) is 0.598. The van der Waals surface area contributed by atoms with Gasteiger partial charge in [-0.3, -0.25) is 0 Å². The van der Waals surface area contributed by atoms with Gasteiger partial charge in [0.15, 0.2) is 0 Å². The fourth-order valence-corrected chi connectivity index (χ4v) is 1.47. The van der Waals surface area contributed by atoms with Crippen LogP contribution in [0.5, 0.6) is 0 Å². The molecular formula is C11H22S. The van der Waals surface area contributed by atoms with Crippen molar-refractivity contribution >= 4 is 11.3 Å². The summed E-state index contributed by atoms with van der Waals surface area (Å²) in [6.07, 6.45) is 1.17. The van der Waals surface area contributed by atoms with Crippen molar-refractivity contribution in [3.05, 3.63) is 21.9 Å². The van der Waals surface area contributed by atoms with Crippen LogP contribution in [0.4, 0.5) is 0 Å². The zero-order valence-electron chi connectivity index (χ0n) is 9.27. The maximum absolute atomic E-state index is 2.24. The van der Waals surface area contributed by atoms with Gasteiger partial charge < -0.3 is 0 Å². The SMILES string of the molecule is CC.CC.CCc1csc(C)c1. The lowest BCUT2D eigenvalue weighted by Crippen LogP contribution is -1.67. The highest BCUT2D eigenvalue weighted by molar-refractivity contribution is 7.10. The second-order valence-electron chi connectivity index (χ2n) is 1.92. The molecule has 0 radical (unpaired) electrons. The van der Waals surface area contributed by atoms with Gasteiger partial charge in [0.05, 0.1) is 0 Å². The average Bonchev–Trinajstić information content (AvgIpc) is 2.58. The first-order valence-corrected chi connectivity index (χ1v) is 5.75. The molecule has 72 valence electrons. The zero-order chi connectivity index (χ0) is 9.98. The number of aryl methyl sites for hydroxylation is 2. The summed E-state index contributed by atoms with van der Waals surface area (Å²) in [5.41, 5.74) is 1.47. The van der Waals surface area contributed by atoms with E-state index >= 15 is 0 Å². The maximum atomic E-state index is 2.24. The van der Waals surface area contributed by atoms with E-state index in [9.17, 15) is 0 Å². The molecule has 0 spiro atoms. The average molecular weight is 186 g/mol. The fourth-order valence-electron chi connectivity index (χ4n) is 0.683. The minimum atomic E-state index is 1.17. The number of thiophene rings is 1. The summed E-state index contributed by atoms with van der Waals surface area (Å²) < 4.78 is 0. The van der Waals surface area contributed by atoms with Crippen LogP contribution in [0.2, 0.25) is 0 Å². The van der Waals surface area contributed by atoms with Crippen molar-refractivity contribution in [3.8, 4) is 0 Å². The van der Waals surface area contributed by atoms with Gasteiger partial charge in [-0.2, -0.15) is 0 Å². The van der Waals surface area contributed by atoms with Crippen LogP contribution in [-0.4, -0.2) is 0 Å². The Labute approximate surface area is 81.6 Å². The monoisotopic (exact) mass is 186 g/mol. The van der Waals surface area contributed by atoms with Crippen molar-refractivity contribution < 1.29 is 0 Å². The lowest BCUT2D eigenvalue weighted by atomic mass is 10.2. The minimum Gasteiger partial charge on any atom is -0.149 e. The topological polar surface area (TPSA) is 0 Å². The van der Waals surface area contributed by atoms with Gasteiger partial charge >= 0.3 is 0 Å². The molecule has 0 aliphatic carbocycles.